The molecule has 0 aliphatic rings. The summed E-state index contributed by atoms with van der Waals surface area (Å²) in [6.45, 7) is 3.21. The second-order valence-corrected chi connectivity index (χ2v) is 9.11. The minimum Gasteiger partial charge on any atom is -0.744 e. The van der Waals surface area contributed by atoms with E-state index in [0.29, 0.717) is 6.54 Å². The fraction of sp³-hybridized carbons (Fsp3) is 0.158. The zero-order chi connectivity index (χ0) is 24.1. The molecule has 0 aromatic heterocycles. The van der Waals surface area contributed by atoms with Crippen LogP contribution in [0.3, 0.4) is 0 Å². The van der Waals surface area contributed by atoms with Crippen molar-refractivity contribution < 1.29 is 94.6 Å². The molecule has 3 amide bonds. The molecule has 0 aliphatic carbocycles. The molecular weight excluding hydrogens is 508 g/mol. The molecule has 15 heteroatoms. The first-order chi connectivity index (χ1) is 14.8. The van der Waals surface area contributed by atoms with Crippen LogP contribution < -0.4 is 75.1 Å². The van der Waals surface area contributed by atoms with Gasteiger partial charge in [-0.2, -0.15) is 0 Å². The van der Waals surface area contributed by atoms with E-state index >= 15 is 0 Å². The zero-order valence-corrected chi connectivity index (χ0v) is 24.5. The summed E-state index contributed by atoms with van der Waals surface area (Å²) in [6.07, 6.45) is 2.28. The third-order valence-corrected chi connectivity index (χ3v) is 5.71. The topological polar surface area (TPSA) is 185 Å². The van der Waals surface area contributed by atoms with Crippen molar-refractivity contribution in [2.24, 2.45) is 0 Å². The van der Waals surface area contributed by atoms with E-state index in [1.54, 1.807) is 6.92 Å². The molecule has 0 spiro atoms. The molecule has 0 atom stereocenters. The van der Waals surface area contributed by atoms with Crippen LogP contribution in [-0.2, 0) is 25.0 Å². The van der Waals surface area contributed by atoms with Gasteiger partial charge in [0.15, 0.2) is 0 Å². The molecule has 0 radical (unpaired) electrons. The number of nitrogens with one attached hydrogen (secondary N) is 3. The Morgan fingerprint density at radius 1 is 0.824 bits per heavy atom. The summed E-state index contributed by atoms with van der Waals surface area (Å²) < 4.78 is 70.0. The van der Waals surface area contributed by atoms with Gasteiger partial charge in [0.1, 0.15) is 20.2 Å². The standard InChI is InChI=1S/C19H21N3O8S2.2Na/c1-3-20-19(24)22-16-9-7-14(18(11-16)32(28,29)30)5-4-13-6-8-15(21-12(2)23)10-17(13)31(25,26)27;;/h4-11H,3H2,1-2H3,(H,21,23)(H2,20,22,24)(H,25,26,27)(H,28,29,30);;/q;2*+1/p-2. The number of amides is 3. The third kappa shape index (κ3) is 9.77. The van der Waals surface area contributed by atoms with Crippen molar-refractivity contribution in [1.82, 2.24) is 5.32 Å². The monoisotopic (exact) mass is 527 g/mol. The Morgan fingerprint density at radius 2 is 1.24 bits per heavy atom. The number of benzene rings is 2. The van der Waals surface area contributed by atoms with Crippen LogP contribution in [0.25, 0.3) is 12.2 Å². The normalized spacial score (nSPS) is 11.2. The second kappa shape index (κ2) is 13.7. The van der Waals surface area contributed by atoms with Gasteiger partial charge in [-0.15, -0.1) is 0 Å². The quantitative estimate of drug-likeness (QED) is 0.184. The van der Waals surface area contributed by atoms with Crippen molar-refractivity contribution in [1.29, 1.82) is 0 Å². The number of hydrogen-bond donors (Lipinski definition) is 3. The molecule has 3 N–H and O–H groups in total. The first-order valence-electron chi connectivity index (χ1n) is 9.01. The van der Waals surface area contributed by atoms with E-state index in [4.69, 9.17) is 0 Å². The fourth-order valence-corrected chi connectivity index (χ4v) is 4.04. The first kappa shape index (κ1) is 32.7. The maximum absolute atomic E-state index is 11.7. The molecule has 0 unspecified atom stereocenters. The summed E-state index contributed by atoms with van der Waals surface area (Å²) in [6, 6.07) is 6.49. The van der Waals surface area contributed by atoms with Crippen LogP contribution in [0.5, 0.6) is 0 Å². The van der Waals surface area contributed by atoms with Gasteiger partial charge in [-0.25, -0.2) is 21.6 Å². The Balaban J connectivity index is 0.00000544. The van der Waals surface area contributed by atoms with E-state index < -0.39 is 42.0 Å². The van der Waals surface area contributed by atoms with E-state index in [9.17, 15) is 35.5 Å². The number of rotatable bonds is 7. The molecule has 0 bridgehead atoms. The summed E-state index contributed by atoms with van der Waals surface area (Å²) in [7, 11) is -9.91. The molecule has 0 saturated heterocycles. The molecule has 2 rings (SSSR count). The summed E-state index contributed by atoms with van der Waals surface area (Å²) in [5.41, 5.74) is -0.0628. The van der Waals surface area contributed by atoms with E-state index in [-0.39, 0.29) is 81.6 Å². The summed E-state index contributed by atoms with van der Waals surface area (Å²) in [4.78, 5) is 21.5. The third-order valence-electron chi connectivity index (χ3n) is 3.92. The van der Waals surface area contributed by atoms with Gasteiger partial charge in [-0.1, -0.05) is 24.3 Å². The van der Waals surface area contributed by atoms with Crippen LogP contribution in [0.1, 0.15) is 25.0 Å². The van der Waals surface area contributed by atoms with Crippen LogP contribution in [0.2, 0.25) is 0 Å². The van der Waals surface area contributed by atoms with E-state index in [0.717, 1.165) is 24.3 Å². The van der Waals surface area contributed by atoms with Crippen molar-refractivity contribution in [2.45, 2.75) is 23.6 Å². The number of hydrogen-bond acceptors (Lipinski definition) is 8. The van der Waals surface area contributed by atoms with Gasteiger partial charge in [-0.3, -0.25) is 4.79 Å². The molecule has 34 heavy (non-hydrogen) atoms. The number of carbonyl (C=O) groups excluding carboxylic acids is 2. The van der Waals surface area contributed by atoms with Crippen molar-refractivity contribution in [3.05, 3.63) is 47.5 Å². The SMILES string of the molecule is CCNC(=O)Nc1ccc(C=Cc2ccc(NC(C)=O)cc2S(=O)(=O)[O-])c(S(=O)(=O)[O-])c1.[Na+].[Na+]. The predicted octanol–water partition coefficient (Wildman–Crippen LogP) is -4.23. The van der Waals surface area contributed by atoms with Crippen molar-refractivity contribution in [3.63, 3.8) is 0 Å². The Hall–Kier alpha value is -1.26. The minimum absolute atomic E-state index is 0. The summed E-state index contributed by atoms with van der Waals surface area (Å²) in [5, 5.41) is 7.17. The Bertz CT molecular complexity index is 1300. The minimum atomic E-state index is -4.97. The smallest absolute Gasteiger partial charge is 0.744 e. The first-order valence-corrected chi connectivity index (χ1v) is 11.8. The predicted molar refractivity (Wildman–Crippen MR) is 115 cm³/mol. The van der Waals surface area contributed by atoms with Crippen molar-refractivity contribution in [2.75, 3.05) is 17.2 Å². The maximum atomic E-state index is 11.7. The zero-order valence-electron chi connectivity index (χ0n) is 18.9. The average Bonchev–Trinajstić information content (AvgIpc) is 2.65. The fourth-order valence-electron chi connectivity index (χ4n) is 2.65. The van der Waals surface area contributed by atoms with Crippen molar-refractivity contribution in [3.8, 4) is 0 Å². The molecule has 11 nitrogen and oxygen atoms in total. The second-order valence-electron chi connectivity index (χ2n) is 6.41. The molecule has 172 valence electrons. The molecule has 2 aromatic rings. The average molecular weight is 527 g/mol. The van der Waals surface area contributed by atoms with Crippen LogP contribution in [0, 0.1) is 0 Å². The summed E-state index contributed by atoms with van der Waals surface area (Å²) in [5.74, 6) is -0.478. The molecular formula is C19H19N3Na2O8S2. The Kier molecular flexibility index (Phi) is 13.2. The van der Waals surface area contributed by atoms with E-state index in [1.807, 2.05) is 0 Å². The molecule has 0 saturated carbocycles. The number of urea groups is 1. The molecule has 0 fully saturated rings. The van der Waals surface area contributed by atoms with Crippen molar-refractivity contribution >= 4 is 55.7 Å². The summed E-state index contributed by atoms with van der Waals surface area (Å²) >= 11 is 0. The van der Waals surface area contributed by atoms with Gasteiger partial charge in [0.25, 0.3) is 0 Å². The number of carbonyl (C=O) groups is 2. The van der Waals surface area contributed by atoms with Gasteiger partial charge in [-0.05, 0) is 42.3 Å². The van der Waals surface area contributed by atoms with E-state index in [1.165, 1.54) is 31.2 Å². The molecule has 0 heterocycles. The van der Waals surface area contributed by atoms with Crippen LogP contribution in [0.15, 0.2) is 46.2 Å². The Morgan fingerprint density at radius 3 is 1.59 bits per heavy atom. The van der Waals surface area contributed by atoms with Crippen LogP contribution in [0.4, 0.5) is 16.2 Å². The van der Waals surface area contributed by atoms with E-state index in [2.05, 4.69) is 16.0 Å². The van der Waals surface area contributed by atoms with Crippen LogP contribution in [-0.4, -0.2) is 44.4 Å². The van der Waals surface area contributed by atoms with Gasteiger partial charge in [0, 0.05) is 24.8 Å². The van der Waals surface area contributed by atoms with Gasteiger partial charge < -0.3 is 25.1 Å². The largest absolute Gasteiger partial charge is 1.00 e. The van der Waals surface area contributed by atoms with Crippen LogP contribution >= 0.6 is 0 Å². The molecule has 2 aromatic carbocycles. The number of anilines is 2. The van der Waals surface area contributed by atoms with Gasteiger partial charge in [0.2, 0.25) is 5.91 Å². The van der Waals surface area contributed by atoms with Gasteiger partial charge in [0.05, 0.1) is 9.79 Å². The maximum Gasteiger partial charge on any atom is 1.00 e. The van der Waals surface area contributed by atoms with Gasteiger partial charge >= 0.3 is 65.1 Å². The Labute approximate surface area is 241 Å². The molecule has 0 aliphatic heterocycles.